The van der Waals surface area contributed by atoms with Gasteiger partial charge in [0, 0.05) is 24.7 Å². The largest absolute Gasteiger partial charge is 0.341 e. The fourth-order valence-electron chi connectivity index (χ4n) is 3.56. The molecule has 0 radical (unpaired) electrons. The minimum absolute atomic E-state index is 0.131. The average Bonchev–Trinajstić information content (AvgIpc) is 3.02. The van der Waals surface area contributed by atoms with E-state index in [-0.39, 0.29) is 11.9 Å². The summed E-state index contributed by atoms with van der Waals surface area (Å²) in [5.74, 6) is 0.465. The van der Waals surface area contributed by atoms with Crippen molar-refractivity contribution in [2.75, 3.05) is 18.0 Å². The maximum atomic E-state index is 14.5. The lowest BCUT2D eigenvalue weighted by atomic mass is 10.1. The topological polar surface area (TPSA) is 51.4 Å². The molecule has 26 heavy (non-hydrogen) atoms. The third-order valence-corrected chi connectivity index (χ3v) is 4.87. The number of aromatic nitrogens is 2. The van der Waals surface area contributed by atoms with Crippen molar-refractivity contribution in [2.24, 2.45) is 5.73 Å². The lowest BCUT2D eigenvalue weighted by molar-refractivity contribution is 0.494. The van der Waals surface area contributed by atoms with Crippen LogP contribution < -0.4 is 10.6 Å². The Morgan fingerprint density at radius 3 is 2.88 bits per heavy atom. The minimum atomic E-state index is -0.363. The second kappa shape index (κ2) is 6.77. The summed E-state index contributed by atoms with van der Waals surface area (Å²) < 4.78 is 16.5. The van der Waals surface area contributed by atoms with Crippen LogP contribution in [-0.4, -0.2) is 28.7 Å². The molecule has 132 valence electrons. The summed E-state index contributed by atoms with van der Waals surface area (Å²) in [5.41, 5.74) is 8.86. The fourth-order valence-corrected chi connectivity index (χ4v) is 3.56. The predicted octanol–water partition coefficient (Wildman–Crippen LogP) is 3.70. The van der Waals surface area contributed by atoms with Gasteiger partial charge in [0.25, 0.3) is 0 Å². The number of halogens is 1. The van der Waals surface area contributed by atoms with Crippen molar-refractivity contribution >= 4 is 22.7 Å². The summed E-state index contributed by atoms with van der Waals surface area (Å²) in [7, 11) is 0. The van der Waals surface area contributed by atoms with Crippen molar-refractivity contribution in [1.82, 2.24) is 9.55 Å². The highest BCUT2D eigenvalue weighted by Gasteiger charge is 2.23. The summed E-state index contributed by atoms with van der Waals surface area (Å²) in [5, 5.41) is 0. The number of para-hydroxylation sites is 2. The van der Waals surface area contributed by atoms with Gasteiger partial charge in [-0.1, -0.05) is 24.3 Å². The van der Waals surface area contributed by atoms with Gasteiger partial charge in [0.15, 0.2) is 5.69 Å². The molecule has 1 atom stereocenters. The molecule has 0 spiro atoms. The van der Waals surface area contributed by atoms with Crippen molar-refractivity contribution in [3.05, 3.63) is 65.3 Å². The summed E-state index contributed by atoms with van der Waals surface area (Å²) >= 11 is 0. The van der Waals surface area contributed by atoms with Crippen LogP contribution in [-0.2, 0) is 6.54 Å². The van der Waals surface area contributed by atoms with Crippen molar-refractivity contribution in [1.29, 1.82) is 0 Å². The number of benzene rings is 2. The maximum Gasteiger partial charge on any atom is 0.206 e. The van der Waals surface area contributed by atoms with Crippen molar-refractivity contribution < 1.29 is 4.39 Å². The zero-order chi connectivity index (χ0) is 18.1. The Kier molecular flexibility index (Phi) is 4.31. The maximum absolute atomic E-state index is 14.5. The quantitative estimate of drug-likeness (QED) is 0.734. The number of fused-ring (bicyclic) bond motifs is 1. The van der Waals surface area contributed by atoms with E-state index in [1.54, 1.807) is 12.1 Å². The first-order valence-electron chi connectivity index (χ1n) is 8.77. The highest BCUT2D eigenvalue weighted by Crippen LogP contribution is 2.27. The Balaban J connectivity index is 1.78. The third kappa shape index (κ3) is 3.02. The van der Waals surface area contributed by atoms with E-state index in [0.717, 1.165) is 42.9 Å². The van der Waals surface area contributed by atoms with E-state index in [2.05, 4.69) is 9.74 Å². The molecule has 0 unspecified atom stereocenters. The first-order valence-corrected chi connectivity index (χ1v) is 8.77. The third-order valence-electron chi connectivity index (χ3n) is 4.87. The summed E-state index contributed by atoms with van der Waals surface area (Å²) in [6, 6.07) is 12.6. The van der Waals surface area contributed by atoms with E-state index in [1.807, 2.05) is 28.8 Å². The van der Waals surface area contributed by atoms with Crippen molar-refractivity contribution in [2.45, 2.75) is 25.4 Å². The van der Waals surface area contributed by atoms with Crippen LogP contribution in [0.1, 0.15) is 18.4 Å². The molecular formula is C20H20FN5. The van der Waals surface area contributed by atoms with Gasteiger partial charge in [-0.2, -0.15) is 0 Å². The molecule has 3 aromatic rings. The molecule has 5 nitrogen and oxygen atoms in total. The number of hydrogen-bond acceptors (Lipinski definition) is 3. The second-order valence-corrected chi connectivity index (χ2v) is 6.72. The predicted molar refractivity (Wildman–Crippen MR) is 101 cm³/mol. The molecule has 1 aromatic heterocycles. The standard InChI is InChI=1S/C20H20FN5/c1-23-16-9-8-14(17(21)11-16)12-26-19-7-3-2-6-18(19)24-20(26)25-10-4-5-15(22)13-25/h2-3,6-9,11,15H,4-5,10,12-13,22H2/t15-/m1/s1. The van der Waals surface area contributed by atoms with Crippen LogP contribution in [0.25, 0.3) is 15.9 Å². The molecule has 6 heteroatoms. The molecule has 0 aliphatic carbocycles. The Bertz CT molecular complexity index is 988. The van der Waals surface area contributed by atoms with Crippen molar-refractivity contribution in [3.8, 4) is 0 Å². The van der Waals surface area contributed by atoms with Crippen molar-refractivity contribution in [3.63, 3.8) is 0 Å². The Morgan fingerprint density at radius 2 is 2.12 bits per heavy atom. The van der Waals surface area contributed by atoms with Gasteiger partial charge in [0.2, 0.25) is 5.95 Å². The van der Waals surface area contributed by atoms with Crippen LogP contribution >= 0.6 is 0 Å². The Labute approximate surface area is 151 Å². The first kappa shape index (κ1) is 16.6. The zero-order valence-electron chi connectivity index (χ0n) is 14.4. The molecule has 1 aliphatic heterocycles. The minimum Gasteiger partial charge on any atom is -0.341 e. The molecule has 0 saturated carbocycles. The SMILES string of the molecule is [C-]#[N+]c1ccc(Cn2c(N3CCC[C@@H](N)C3)nc3ccccc32)c(F)c1. The van der Waals surface area contributed by atoms with E-state index in [9.17, 15) is 4.39 Å². The van der Waals surface area contributed by atoms with Gasteiger partial charge < -0.3 is 15.2 Å². The lowest BCUT2D eigenvalue weighted by Gasteiger charge is -2.32. The number of nitrogens with zero attached hydrogens (tertiary/aromatic N) is 4. The molecule has 1 saturated heterocycles. The van der Waals surface area contributed by atoms with Crippen LogP contribution in [0.2, 0.25) is 0 Å². The number of nitrogens with two attached hydrogens (primary N) is 1. The van der Waals surface area contributed by atoms with Crippen LogP contribution in [0.4, 0.5) is 16.0 Å². The van der Waals surface area contributed by atoms with Crippen LogP contribution in [0.15, 0.2) is 42.5 Å². The molecule has 4 rings (SSSR count). The molecule has 0 bridgehead atoms. The fraction of sp³-hybridized carbons (Fsp3) is 0.300. The van der Waals surface area contributed by atoms with Crippen LogP contribution in [0, 0.1) is 12.4 Å². The molecule has 1 aliphatic rings. The van der Waals surface area contributed by atoms with E-state index < -0.39 is 0 Å². The number of piperidine rings is 1. The Morgan fingerprint density at radius 1 is 1.27 bits per heavy atom. The number of rotatable bonds is 3. The van der Waals surface area contributed by atoms with Gasteiger partial charge in [-0.15, -0.1) is 0 Å². The van der Waals surface area contributed by atoms with Gasteiger partial charge in [-0.25, -0.2) is 14.2 Å². The molecule has 2 aromatic carbocycles. The van der Waals surface area contributed by atoms with E-state index in [4.69, 9.17) is 17.3 Å². The summed E-state index contributed by atoms with van der Waals surface area (Å²) in [6.07, 6.45) is 2.04. The van der Waals surface area contributed by atoms with Gasteiger partial charge >= 0.3 is 0 Å². The molecule has 1 fully saturated rings. The molecule has 2 heterocycles. The van der Waals surface area contributed by atoms with E-state index in [0.29, 0.717) is 17.8 Å². The van der Waals surface area contributed by atoms with Gasteiger partial charge in [0.05, 0.1) is 24.2 Å². The second-order valence-electron chi connectivity index (χ2n) is 6.72. The monoisotopic (exact) mass is 349 g/mol. The average molecular weight is 349 g/mol. The number of hydrogen-bond donors (Lipinski definition) is 1. The first-order chi connectivity index (χ1) is 12.7. The number of imidazole rings is 1. The van der Waals surface area contributed by atoms with Crippen LogP contribution in [0.5, 0.6) is 0 Å². The molecule has 0 amide bonds. The van der Waals surface area contributed by atoms with Gasteiger partial charge in [-0.05, 0) is 31.0 Å². The molecular weight excluding hydrogens is 329 g/mol. The zero-order valence-corrected chi connectivity index (χ0v) is 14.4. The highest BCUT2D eigenvalue weighted by molar-refractivity contribution is 5.79. The highest BCUT2D eigenvalue weighted by atomic mass is 19.1. The normalized spacial score (nSPS) is 17.4. The van der Waals surface area contributed by atoms with E-state index in [1.165, 1.54) is 6.07 Å². The lowest BCUT2D eigenvalue weighted by Crippen LogP contribution is -2.44. The van der Waals surface area contributed by atoms with Crippen LogP contribution in [0.3, 0.4) is 0 Å². The van der Waals surface area contributed by atoms with Gasteiger partial charge in [0.1, 0.15) is 5.82 Å². The molecule has 2 N–H and O–H groups in total. The summed E-state index contributed by atoms with van der Waals surface area (Å²) in [6.45, 7) is 9.04. The van der Waals surface area contributed by atoms with Gasteiger partial charge in [-0.3, -0.25) is 0 Å². The smallest absolute Gasteiger partial charge is 0.206 e. The van der Waals surface area contributed by atoms with E-state index >= 15 is 0 Å². The number of anilines is 1. The summed E-state index contributed by atoms with van der Waals surface area (Å²) in [4.78, 5) is 10.3. The Hall–Kier alpha value is -2.91.